The zero-order valence-corrected chi connectivity index (χ0v) is 11.1. The number of hydrogen-bond acceptors (Lipinski definition) is 3. The van der Waals surface area contributed by atoms with Crippen LogP contribution in [0.2, 0.25) is 0 Å². The van der Waals surface area contributed by atoms with E-state index in [1.165, 1.54) is 0 Å². The van der Waals surface area contributed by atoms with Crippen molar-refractivity contribution in [1.29, 1.82) is 5.26 Å². The maximum absolute atomic E-state index is 11.4. The number of methoxy groups -OCH3 is 1. The van der Waals surface area contributed by atoms with Crippen LogP contribution in [-0.2, 0) is 4.79 Å². The Morgan fingerprint density at radius 1 is 1.20 bits per heavy atom. The first-order valence-corrected chi connectivity index (χ1v) is 6.14. The van der Waals surface area contributed by atoms with Crippen molar-refractivity contribution in [2.75, 3.05) is 12.4 Å². The third-order valence-corrected chi connectivity index (χ3v) is 2.81. The van der Waals surface area contributed by atoms with Gasteiger partial charge in [-0.3, -0.25) is 4.79 Å². The molecule has 2 aromatic rings. The smallest absolute Gasteiger partial charge is 0.238 e. The standard InChI is InChI=1S/C16H14N2O2/c1-20-15-7-5-12(6-8-15)13-3-2-4-14(11-13)18-16(19)9-10-17/h2-8,11H,9H2,1H3,(H,18,19). The predicted molar refractivity (Wildman–Crippen MR) is 77.3 cm³/mol. The maximum atomic E-state index is 11.4. The van der Waals surface area contributed by atoms with Gasteiger partial charge < -0.3 is 10.1 Å². The summed E-state index contributed by atoms with van der Waals surface area (Å²) >= 11 is 0. The number of carbonyl (C=O) groups excluding carboxylic acids is 1. The van der Waals surface area contributed by atoms with E-state index in [9.17, 15) is 4.79 Å². The first-order chi connectivity index (χ1) is 9.72. The molecule has 0 aliphatic carbocycles. The van der Waals surface area contributed by atoms with Gasteiger partial charge in [0.15, 0.2) is 0 Å². The SMILES string of the molecule is COc1ccc(-c2cccc(NC(=O)CC#N)c2)cc1. The molecule has 0 spiro atoms. The fourth-order valence-electron chi connectivity index (χ4n) is 1.84. The fourth-order valence-corrected chi connectivity index (χ4v) is 1.84. The van der Waals surface area contributed by atoms with Crippen LogP contribution in [0.15, 0.2) is 48.5 Å². The lowest BCUT2D eigenvalue weighted by Crippen LogP contribution is -2.09. The molecule has 0 fully saturated rings. The molecule has 0 unspecified atom stereocenters. The molecule has 100 valence electrons. The highest BCUT2D eigenvalue weighted by Gasteiger charge is 2.03. The molecule has 2 aromatic carbocycles. The summed E-state index contributed by atoms with van der Waals surface area (Å²) in [4.78, 5) is 11.4. The van der Waals surface area contributed by atoms with Crippen molar-refractivity contribution < 1.29 is 9.53 Å². The van der Waals surface area contributed by atoms with Gasteiger partial charge >= 0.3 is 0 Å². The predicted octanol–water partition coefficient (Wildman–Crippen LogP) is 3.21. The second-order valence-corrected chi connectivity index (χ2v) is 4.19. The van der Waals surface area contributed by atoms with Gasteiger partial charge in [-0.1, -0.05) is 24.3 Å². The fraction of sp³-hybridized carbons (Fsp3) is 0.125. The highest BCUT2D eigenvalue weighted by molar-refractivity contribution is 5.92. The molecule has 0 bridgehead atoms. The highest BCUT2D eigenvalue weighted by atomic mass is 16.5. The second-order valence-electron chi connectivity index (χ2n) is 4.19. The lowest BCUT2D eigenvalue weighted by Gasteiger charge is -2.07. The van der Waals surface area contributed by atoms with E-state index in [1.54, 1.807) is 13.2 Å². The minimum Gasteiger partial charge on any atom is -0.497 e. The van der Waals surface area contributed by atoms with Gasteiger partial charge in [0.05, 0.1) is 13.2 Å². The van der Waals surface area contributed by atoms with Crippen LogP contribution in [0.5, 0.6) is 5.75 Å². The van der Waals surface area contributed by atoms with Crippen LogP contribution in [0.4, 0.5) is 5.69 Å². The maximum Gasteiger partial charge on any atom is 0.238 e. The van der Waals surface area contributed by atoms with Crippen LogP contribution in [0, 0.1) is 11.3 Å². The van der Waals surface area contributed by atoms with Gasteiger partial charge in [0.1, 0.15) is 12.2 Å². The number of nitriles is 1. The van der Waals surface area contributed by atoms with Crippen LogP contribution in [0.1, 0.15) is 6.42 Å². The molecule has 0 aromatic heterocycles. The van der Waals surface area contributed by atoms with E-state index in [-0.39, 0.29) is 12.3 Å². The Labute approximate surface area is 117 Å². The number of hydrogen-bond donors (Lipinski definition) is 1. The summed E-state index contributed by atoms with van der Waals surface area (Å²) in [6.07, 6.45) is -0.146. The zero-order valence-electron chi connectivity index (χ0n) is 11.1. The van der Waals surface area contributed by atoms with Gasteiger partial charge in [0, 0.05) is 5.69 Å². The van der Waals surface area contributed by atoms with Crippen molar-refractivity contribution in [3.8, 4) is 22.9 Å². The average molecular weight is 266 g/mol. The van der Waals surface area contributed by atoms with E-state index in [2.05, 4.69) is 5.32 Å². The molecule has 4 nitrogen and oxygen atoms in total. The van der Waals surface area contributed by atoms with Crippen LogP contribution >= 0.6 is 0 Å². The largest absolute Gasteiger partial charge is 0.497 e. The molecular weight excluding hydrogens is 252 g/mol. The second kappa shape index (κ2) is 6.39. The van der Waals surface area contributed by atoms with Gasteiger partial charge in [-0.05, 0) is 35.4 Å². The molecule has 1 N–H and O–H groups in total. The Morgan fingerprint density at radius 3 is 2.60 bits per heavy atom. The molecule has 0 heterocycles. The van der Waals surface area contributed by atoms with Gasteiger partial charge in [-0.25, -0.2) is 0 Å². The topological polar surface area (TPSA) is 62.1 Å². The summed E-state index contributed by atoms with van der Waals surface area (Å²) in [6.45, 7) is 0. The lowest BCUT2D eigenvalue weighted by molar-refractivity contribution is -0.115. The van der Waals surface area contributed by atoms with E-state index >= 15 is 0 Å². The Kier molecular flexibility index (Phi) is 4.35. The van der Waals surface area contributed by atoms with Crippen molar-refractivity contribution in [1.82, 2.24) is 0 Å². The Hall–Kier alpha value is -2.80. The van der Waals surface area contributed by atoms with E-state index in [0.29, 0.717) is 5.69 Å². The minimum atomic E-state index is -0.306. The van der Waals surface area contributed by atoms with Crippen molar-refractivity contribution in [2.24, 2.45) is 0 Å². The molecule has 0 aliphatic heterocycles. The Balaban J connectivity index is 2.20. The van der Waals surface area contributed by atoms with Gasteiger partial charge in [0.2, 0.25) is 5.91 Å². The number of nitrogens with zero attached hydrogens (tertiary/aromatic N) is 1. The molecule has 0 atom stereocenters. The third kappa shape index (κ3) is 3.36. The molecule has 4 heteroatoms. The normalized spacial score (nSPS) is 9.60. The Bertz CT molecular complexity index is 642. The highest BCUT2D eigenvalue weighted by Crippen LogP contribution is 2.24. The van der Waals surface area contributed by atoms with Crippen molar-refractivity contribution in [3.63, 3.8) is 0 Å². The van der Waals surface area contributed by atoms with E-state index in [1.807, 2.05) is 48.5 Å². The van der Waals surface area contributed by atoms with E-state index in [4.69, 9.17) is 10.00 Å². The zero-order chi connectivity index (χ0) is 14.4. The number of anilines is 1. The van der Waals surface area contributed by atoms with Crippen LogP contribution in [0.3, 0.4) is 0 Å². The molecule has 2 rings (SSSR count). The minimum absolute atomic E-state index is 0.146. The molecule has 20 heavy (non-hydrogen) atoms. The lowest BCUT2D eigenvalue weighted by atomic mass is 10.0. The number of carbonyl (C=O) groups is 1. The third-order valence-electron chi connectivity index (χ3n) is 2.81. The van der Waals surface area contributed by atoms with Crippen LogP contribution < -0.4 is 10.1 Å². The van der Waals surface area contributed by atoms with Crippen LogP contribution in [-0.4, -0.2) is 13.0 Å². The summed E-state index contributed by atoms with van der Waals surface area (Å²) in [7, 11) is 1.63. The molecule has 0 aliphatic rings. The first-order valence-electron chi connectivity index (χ1n) is 6.14. The summed E-state index contributed by atoms with van der Waals surface area (Å²) in [5.74, 6) is 0.492. The molecule has 1 amide bonds. The molecular formula is C16H14N2O2. The number of ether oxygens (including phenoxy) is 1. The Morgan fingerprint density at radius 2 is 1.95 bits per heavy atom. The monoisotopic (exact) mass is 266 g/mol. The van der Waals surface area contributed by atoms with E-state index in [0.717, 1.165) is 16.9 Å². The quantitative estimate of drug-likeness (QED) is 0.924. The summed E-state index contributed by atoms with van der Waals surface area (Å²) < 4.78 is 5.12. The van der Waals surface area contributed by atoms with Crippen molar-refractivity contribution in [2.45, 2.75) is 6.42 Å². The van der Waals surface area contributed by atoms with E-state index < -0.39 is 0 Å². The average Bonchev–Trinajstić information content (AvgIpc) is 2.48. The summed E-state index contributed by atoms with van der Waals surface area (Å²) in [5.41, 5.74) is 2.70. The van der Waals surface area contributed by atoms with Crippen LogP contribution in [0.25, 0.3) is 11.1 Å². The molecule has 0 saturated heterocycles. The number of benzene rings is 2. The summed E-state index contributed by atoms with van der Waals surface area (Å²) in [6, 6.07) is 17.0. The number of nitrogens with one attached hydrogen (secondary N) is 1. The van der Waals surface area contributed by atoms with Gasteiger partial charge in [-0.15, -0.1) is 0 Å². The molecule has 0 radical (unpaired) electrons. The van der Waals surface area contributed by atoms with Crippen molar-refractivity contribution in [3.05, 3.63) is 48.5 Å². The first kappa shape index (κ1) is 13.6. The van der Waals surface area contributed by atoms with Crippen molar-refractivity contribution >= 4 is 11.6 Å². The number of amides is 1. The summed E-state index contributed by atoms with van der Waals surface area (Å²) in [5, 5.41) is 11.2. The number of rotatable bonds is 4. The van der Waals surface area contributed by atoms with Gasteiger partial charge in [-0.2, -0.15) is 5.26 Å². The van der Waals surface area contributed by atoms with Gasteiger partial charge in [0.25, 0.3) is 0 Å². The molecule has 0 saturated carbocycles.